The number of ether oxygens (including phenoxy) is 1. The number of carbonyl (C=O) groups is 1. The van der Waals surface area contributed by atoms with Crippen LogP contribution >= 0.6 is 22.9 Å². The minimum Gasteiger partial charge on any atom is -0.363 e. The van der Waals surface area contributed by atoms with E-state index in [0.717, 1.165) is 4.34 Å². The Hall–Kier alpha value is -1.36. The van der Waals surface area contributed by atoms with E-state index in [1.807, 2.05) is 11.0 Å². The second-order valence-corrected chi connectivity index (χ2v) is 7.65. The molecule has 2 aromatic rings. The lowest BCUT2D eigenvalue weighted by atomic mass is 9.86. The fourth-order valence-corrected chi connectivity index (χ4v) is 4.55. The lowest BCUT2D eigenvalue weighted by molar-refractivity contribution is -0.133. The van der Waals surface area contributed by atoms with Crippen molar-refractivity contribution in [3.05, 3.63) is 56.2 Å². The largest absolute Gasteiger partial charge is 0.363 e. The first-order valence-electron chi connectivity index (χ1n) is 7.37. The van der Waals surface area contributed by atoms with Crippen LogP contribution < -0.4 is 0 Å². The molecule has 0 bridgehead atoms. The van der Waals surface area contributed by atoms with Gasteiger partial charge in [-0.15, -0.1) is 11.3 Å². The molecule has 0 spiro atoms. The highest BCUT2D eigenvalue weighted by atomic mass is 35.5. The Labute approximate surface area is 138 Å². The monoisotopic (exact) mass is 333 g/mol. The number of benzene rings is 1. The van der Waals surface area contributed by atoms with Crippen molar-refractivity contribution >= 4 is 28.8 Å². The molecule has 114 valence electrons. The van der Waals surface area contributed by atoms with Crippen molar-refractivity contribution in [3.8, 4) is 0 Å². The van der Waals surface area contributed by atoms with Gasteiger partial charge in [0.05, 0.1) is 17.5 Å². The molecule has 0 saturated carbocycles. The maximum atomic E-state index is 12.4. The molecule has 22 heavy (non-hydrogen) atoms. The van der Waals surface area contributed by atoms with Gasteiger partial charge in [-0.25, -0.2) is 0 Å². The van der Waals surface area contributed by atoms with Gasteiger partial charge in [-0.3, -0.25) is 4.79 Å². The number of carbonyl (C=O) groups excluding carboxylic acids is 1. The third-order valence-corrected chi connectivity index (χ3v) is 5.67. The summed E-state index contributed by atoms with van der Waals surface area (Å²) in [5.74, 6) is 0.296. The van der Waals surface area contributed by atoms with Crippen molar-refractivity contribution in [2.75, 3.05) is 13.2 Å². The summed E-state index contributed by atoms with van der Waals surface area (Å²) in [4.78, 5) is 15.5. The minimum atomic E-state index is -0.227. The number of amides is 1. The highest BCUT2D eigenvalue weighted by Gasteiger charge is 2.39. The van der Waals surface area contributed by atoms with Crippen LogP contribution in [0.2, 0.25) is 4.34 Å². The quantitative estimate of drug-likeness (QED) is 0.787. The molecular weight excluding hydrogens is 318 g/mol. The van der Waals surface area contributed by atoms with E-state index < -0.39 is 0 Å². The summed E-state index contributed by atoms with van der Waals surface area (Å²) in [7, 11) is 0. The van der Waals surface area contributed by atoms with E-state index in [1.165, 1.54) is 21.6 Å². The van der Waals surface area contributed by atoms with Gasteiger partial charge in [-0.05, 0) is 29.7 Å². The smallest absolute Gasteiger partial charge is 0.254 e. The molecule has 5 heteroatoms. The van der Waals surface area contributed by atoms with Crippen molar-refractivity contribution in [2.24, 2.45) is 0 Å². The van der Waals surface area contributed by atoms with Gasteiger partial charge in [0.1, 0.15) is 0 Å². The molecule has 0 N–H and O–H groups in total. The summed E-state index contributed by atoms with van der Waals surface area (Å²) in [6.45, 7) is 4.02. The van der Waals surface area contributed by atoms with Gasteiger partial charge in [-0.1, -0.05) is 35.9 Å². The summed E-state index contributed by atoms with van der Waals surface area (Å²) in [5, 5.41) is 0. The maximum Gasteiger partial charge on any atom is 0.254 e. The van der Waals surface area contributed by atoms with Crippen molar-refractivity contribution in [3.63, 3.8) is 0 Å². The summed E-state index contributed by atoms with van der Waals surface area (Å²) in [5.41, 5.74) is 3.79. The molecule has 0 aliphatic carbocycles. The second-order valence-electron chi connectivity index (χ2n) is 5.88. The molecule has 1 saturated heterocycles. The number of aryl methyl sites for hydroxylation is 1. The summed E-state index contributed by atoms with van der Waals surface area (Å²) < 4.78 is 5.96. The van der Waals surface area contributed by atoms with Gasteiger partial charge in [0.2, 0.25) is 0 Å². The molecule has 1 fully saturated rings. The predicted molar refractivity (Wildman–Crippen MR) is 87.5 cm³/mol. The average molecular weight is 334 g/mol. The number of hydrogen-bond donors (Lipinski definition) is 0. The van der Waals surface area contributed by atoms with Gasteiger partial charge in [0, 0.05) is 17.3 Å². The Kier molecular flexibility index (Phi) is 3.48. The lowest BCUT2D eigenvalue weighted by Crippen LogP contribution is -2.40. The average Bonchev–Trinajstić information content (AvgIpc) is 3.27. The minimum absolute atomic E-state index is 0.105. The first-order valence-corrected chi connectivity index (χ1v) is 8.57. The second kappa shape index (κ2) is 5.37. The van der Waals surface area contributed by atoms with Crippen molar-refractivity contribution in [2.45, 2.75) is 25.5 Å². The Balaban J connectivity index is 1.75. The molecule has 0 unspecified atom stereocenters. The standard InChI is InChI=1S/C17H16ClNO2S/c1-10-4-2-3-5-11(10)13-7-19(17(20)14-9-21-14)8-15-12(13)6-16(18)22-15/h2-6,13-14H,7-9H2,1H3/t13-,14-/m1/s1. The normalized spacial score (nSPS) is 23.3. The van der Waals surface area contributed by atoms with Crippen LogP contribution in [0.15, 0.2) is 30.3 Å². The first kappa shape index (κ1) is 14.2. The van der Waals surface area contributed by atoms with Gasteiger partial charge in [0.25, 0.3) is 5.91 Å². The van der Waals surface area contributed by atoms with E-state index in [1.54, 1.807) is 11.3 Å². The number of halogens is 1. The molecule has 3 heterocycles. The van der Waals surface area contributed by atoms with E-state index in [-0.39, 0.29) is 17.9 Å². The van der Waals surface area contributed by atoms with Crippen LogP contribution in [0.25, 0.3) is 0 Å². The molecule has 1 aromatic carbocycles. The lowest BCUT2D eigenvalue weighted by Gasteiger charge is -2.33. The molecule has 0 radical (unpaired) electrons. The van der Waals surface area contributed by atoms with Crippen molar-refractivity contribution in [1.82, 2.24) is 4.90 Å². The zero-order chi connectivity index (χ0) is 15.3. The first-order chi connectivity index (χ1) is 10.6. The number of fused-ring (bicyclic) bond motifs is 1. The maximum absolute atomic E-state index is 12.4. The van der Waals surface area contributed by atoms with Crippen LogP contribution in [0, 0.1) is 6.92 Å². The van der Waals surface area contributed by atoms with E-state index in [9.17, 15) is 4.79 Å². The fourth-order valence-electron chi connectivity index (χ4n) is 3.19. The van der Waals surface area contributed by atoms with Gasteiger partial charge in [0.15, 0.2) is 6.10 Å². The molecule has 3 nitrogen and oxygen atoms in total. The van der Waals surface area contributed by atoms with E-state index in [0.29, 0.717) is 19.7 Å². The van der Waals surface area contributed by atoms with E-state index in [2.05, 4.69) is 31.2 Å². The number of rotatable bonds is 2. The van der Waals surface area contributed by atoms with Crippen LogP contribution in [0.1, 0.15) is 27.5 Å². The SMILES string of the molecule is Cc1ccccc1[C@H]1CN(C(=O)[C@H]2CO2)Cc2sc(Cl)cc21. The Morgan fingerprint density at radius 2 is 2.14 bits per heavy atom. The zero-order valence-corrected chi connectivity index (χ0v) is 13.8. The van der Waals surface area contributed by atoms with Crippen LogP contribution in [-0.4, -0.2) is 30.1 Å². The van der Waals surface area contributed by atoms with Gasteiger partial charge in [-0.2, -0.15) is 0 Å². The van der Waals surface area contributed by atoms with Gasteiger partial charge >= 0.3 is 0 Å². The highest BCUT2D eigenvalue weighted by molar-refractivity contribution is 7.16. The molecule has 2 aliphatic heterocycles. The number of epoxide rings is 1. The number of nitrogens with zero attached hydrogens (tertiary/aromatic N) is 1. The Morgan fingerprint density at radius 3 is 2.86 bits per heavy atom. The third-order valence-electron chi connectivity index (χ3n) is 4.41. The summed E-state index contributed by atoms with van der Waals surface area (Å²) >= 11 is 7.81. The topological polar surface area (TPSA) is 32.8 Å². The summed E-state index contributed by atoms with van der Waals surface area (Å²) in [6.07, 6.45) is -0.227. The zero-order valence-electron chi connectivity index (χ0n) is 12.2. The predicted octanol–water partition coefficient (Wildman–Crippen LogP) is 3.58. The van der Waals surface area contributed by atoms with E-state index >= 15 is 0 Å². The molecule has 1 aromatic heterocycles. The van der Waals surface area contributed by atoms with Crippen LogP contribution in [-0.2, 0) is 16.1 Å². The van der Waals surface area contributed by atoms with Crippen molar-refractivity contribution in [1.29, 1.82) is 0 Å². The fraction of sp³-hybridized carbons (Fsp3) is 0.353. The molecule has 2 aliphatic rings. The highest BCUT2D eigenvalue weighted by Crippen LogP contribution is 2.41. The third kappa shape index (κ3) is 2.45. The Morgan fingerprint density at radius 1 is 1.36 bits per heavy atom. The Bertz CT molecular complexity index is 738. The molecule has 1 amide bonds. The van der Waals surface area contributed by atoms with Crippen LogP contribution in [0.4, 0.5) is 0 Å². The summed E-state index contributed by atoms with van der Waals surface area (Å²) in [6, 6.07) is 10.4. The van der Waals surface area contributed by atoms with Crippen molar-refractivity contribution < 1.29 is 9.53 Å². The van der Waals surface area contributed by atoms with Gasteiger partial charge < -0.3 is 9.64 Å². The molecule has 2 atom stereocenters. The number of thiophene rings is 1. The molecular formula is C17H16ClNO2S. The van der Waals surface area contributed by atoms with E-state index in [4.69, 9.17) is 16.3 Å². The number of hydrogen-bond acceptors (Lipinski definition) is 3. The van der Waals surface area contributed by atoms with Crippen LogP contribution in [0.3, 0.4) is 0 Å². The molecule has 4 rings (SSSR count). The van der Waals surface area contributed by atoms with Crippen LogP contribution in [0.5, 0.6) is 0 Å².